The van der Waals surface area contributed by atoms with Gasteiger partial charge >= 0.3 is 6.03 Å². The molecule has 2 amide bonds. The Kier molecular flexibility index (Phi) is 4.07. The second kappa shape index (κ2) is 6.61. The van der Waals surface area contributed by atoms with E-state index in [-0.39, 0.29) is 6.03 Å². The van der Waals surface area contributed by atoms with E-state index in [2.05, 4.69) is 39.4 Å². The van der Waals surface area contributed by atoms with Gasteiger partial charge in [-0.1, -0.05) is 13.8 Å². The molecule has 8 nitrogen and oxygen atoms in total. The van der Waals surface area contributed by atoms with E-state index in [0.717, 1.165) is 54.5 Å². The summed E-state index contributed by atoms with van der Waals surface area (Å²) in [5.74, 6) is 0.498. The third-order valence-electron chi connectivity index (χ3n) is 5.32. The average molecular weight is 379 g/mol. The highest BCUT2D eigenvalue weighted by Crippen LogP contribution is 2.38. The van der Waals surface area contributed by atoms with Crippen LogP contribution >= 0.6 is 0 Å². The van der Waals surface area contributed by atoms with E-state index in [1.807, 2.05) is 28.0 Å². The van der Waals surface area contributed by atoms with Crippen LogP contribution < -0.4 is 5.32 Å². The van der Waals surface area contributed by atoms with Crippen LogP contribution in [-0.4, -0.2) is 48.0 Å². The maximum atomic E-state index is 12.8. The number of aromatic nitrogens is 5. The molecule has 2 fully saturated rings. The zero-order valence-corrected chi connectivity index (χ0v) is 16.2. The molecule has 0 aromatic carbocycles. The van der Waals surface area contributed by atoms with Crippen molar-refractivity contribution < 1.29 is 4.79 Å². The quantitative estimate of drug-likeness (QED) is 0.684. The van der Waals surface area contributed by atoms with Gasteiger partial charge in [0, 0.05) is 30.2 Å². The van der Waals surface area contributed by atoms with Crippen LogP contribution in [-0.2, 0) is 6.54 Å². The largest absolute Gasteiger partial charge is 0.322 e. The lowest BCUT2D eigenvalue weighted by Gasteiger charge is -2.22. The van der Waals surface area contributed by atoms with Crippen molar-refractivity contribution in [2.75, 3.05) is 5.32 Å². The van der Waals surface area contributed by atoms with Gasteiger partial charge in [0.25, 0.3) is 0 Å². The smallest absolute Gasteiger partial charge is 0.319 e. The van der Waals surface area contributed by atoms with Gasteiger partial charge in [-0.05, 0) is 37.7 Å². The number of H-pyrrole nitrogens is 1. The van der Waals surface area contributed by atoms with Gasteiger partial charge < -0.3 is 10.2 Å². The minimum Gasteiger partial charge on any atom is -0.319 e. The normalized spacial score (nSPS) is 16.7. The van der Waals surface area contributed by atoms with Crippen molar-refractivity contribution in [3.05, 3.63) is 24.7 Å². The summed E-state index contributed by atoms with van der Waals surface area (Å²) in [6.07, 6.45) is 9.76. The lowest BCUT2D eigenvalue weighted by molar-refractivity contribution is 0.206. The molecule has 0 unspecified atom stereocenters. The minimum absolute atomic E-state index is 0.0291. The highest BCUT2D eigenvalue weighted by atomic mass is 16.2. The van der Waals surface area contributed by atoms with Crippen molar-refractivity contribution >= 4 is 22.6 Å². The van der Waals surface area contributed by atoms with Crippen LogP contribution in [0, 0.1) is 5.92 Å². The summed E-state index contributed by atoms with van der Waals surface area (Å²) in [6.45, 7) is 5.19. The summed E-state index contributed by atoms with van der Waals surface area (Å²) >= 11 is 0. The van der Waals surface area contributed by atoms with Crippen molar-refractivity contribution in [3.63, 3.8) is 0 Å². The third kappa shape index (κ3) is 3.23. The van der Waals surface area contributed by atoms with Crippen molar-refractivity contribution in [3.8, 4) is 11.4 Å². The van der Waals surface area contributed by atoms with Crippen LogP contribution in [0.5, 0.6) is 0 Å². The number of rotatable bonds is 6. The van der Waals surface area contributed by atoms with Gasteiger partial charge in [-0.25, -0.2) is 4.79 Å². The first-order valence-electron chi connectivity index (χ1n) is 10.0. The van der Waals surface area contributed by atoms with Gasteiger partial charge in [-0.3, -0.25) is 14.8 Å². The van der Waals surface area contributed by atoms with Crippen LogP contribution in [0.2, 0.25) is 0 Å². The van der Waals surface area contributed by atoms with Gasteiger partial charge in [0.15, 0.2) is 0 Å². The van der Waals surface area contributed by atoms with Crippen LogP contribution in [0.4, 0.5) is 10.5 Å². The fourth-order valence-electron chi connectivity index (χ4n) is 3.69. The molecule has 0 atom stereocenters. The van der Waals surface area contributed by atoms with Crippen LogP contribution in [0.15, 0.2) is 24.7 Å². The number of fused-ring (bicyclic) bond motifs is 1. The molecule has 8 heteroatoms. The summed E-state index contributed by atoms with van der Waals surface area (Å²) < 4.78 is 2.00. The number of nitrogens with zero attached hydrogens (tertiary/aromatic N) is 5. The number of hydrogen-bond donors (Lipinski definition) is 2. The zero-order valence-electron chi connectivity index (χ0n) is 16.2. The minimum atomic E-state index is -0.0291. The first kappa shape index (κ1) is 17.2. The van der Waals surface area contributed by atoms with Crippen molar-refractivity contribution in [2.45, 2.75) is 58.2 Å². The first-order chi connectivity index (χ1) is 13.6. The lowest BCUT2D eigenvalue weighted by atomic mass is 10.2. The molecule has 5 rings (SSSR count). The van der Waals surface area contributed by atoms with E-state index in [1.54, 1.807) is 6.20 Å². The van der Waals surface area contributed by atoms with E-state index in [1.165, 1.54) is 0 Å². The predicted molar refractivity (Wildman–Crippen MR) is 107 cm³/mol. The fourth-order valence-corrected chi connectivity index (χ4v) is 3.69. The summed E-state index contributed by atoms with van der Waals surface area (Å²) in [5.41, 5.74) is 3.16. The average Bonchev–Trinajstić information content (AvgIpc) is 3.59. The molecule has 3 aromatic heterocycles. The highest BCUT2D eigenvalue weighted by molar-refractivity contribution is 5.94. The summed E-state index contributed by atoms with van der Waals surface area (Å²) in [6, 6.07) is 2.79. The monoisotopic (exact) mass is 379 g/mol. The molecule has 2 aliphatic carbocycles. The molecule has 2 N–H and O–H groups in total. The topological polar surface area (TPSA) is 91.7 Å². The molecule has 3 heterocycles. The van der Waals surface area contributed by atoms with Crippen LogP contribution in [0.25, 0.3) is 22.3 Å². The number of urea groups is 1. The third-order valence-corrected chi connectivity index (χ3v) is 5.32. The van der Waals surface area contributed by atoms with Gasteiger partial charge in [0.2, 0.25) is 0 Å². The van der Waals surface area contributed by atoms with Crippen LogP contribution in [0.3, 0.4) is 0 Å². The van der Waals surface area contributed by atoms with E-state index in [4.69, 9.17) is 0 Å². The molecule has 0 saturated heterocycles. The fraction of sp³-hybridized carbons (Fsp3) is 0.500. The van der Waals surface area contributed by atoms with E-state index >= 15 is 0 Å². The first-order valence-corrected chi connectivity index (χ1v) is 10.0. The SMILES string of the molecule is CC(C)Cn1ncc2cnc(-c3[nH]ncc3NC(=O)N(C3CC3)C3CC3)cc21. The summed E-state index contributed by atoms with van der Waals surface area (Å²) in [4.78, 5) is 19.4. The molecular weight excluding hydrogens is 354 g/mol. The Morgan fingerprint density at radius 2 is 2.00 bits per heavy atom. The van der Waals surface area contributed by atoms with E-state index in [9.17, 15) is 4.79 Å². The number of anilines is 1. The number of hydrogen-bond acceptors (Lipinski definition) is 4. The van der Waals surface area contributed by atoms with Gasteiger partial charge in [-0.15, -0.1) is 0 Å². The molecule has 28 heavy (non-hydrogen) atoms. The second-order valence-corrected chi connectivity index (χ2v) is 8.31. The van der Waals surface area contributed by atoms with Crippen LogP contribution in [0.1, 0.15) is 39.5 Å². The Balaban J connectivity index is 1.43. The van der Waals surface area contributed by atoms with Gasteiger partial charge in [0.1, 0.15) is 5.69 Å². The molecule has 2 saturated carbocycles. The number of carbonyl (C=O) groups is 1. The zero-order chi connectivity index (χ0) is 19.3. The molecule has 0 bridgehead atoms. The number of aromatic amines is 1. The Bertz CT molecular complexity index is 1000. The molecule has 3 aromatic rings. The maximum Gasteiger partial charge on any atom is 0.322 e. The Morgan fingerprint density at radius 3 is 2.68 bits per heavy atom. The number of carbonyl (C=O) groups excluding carboxylic acids is 1. The molecule has 0 radical (unpaired) electrons. The van der Waals surface area contributed by atoms with E-state index < -0.39 is 0 Å². The molecule has 0 aliphatic heterocycles. The lowest BCUT2D eigenvalue weighted by Crippen LogP contribution is -2.38. The van der Waals surface area contributed by atoms with Crippen molar-refractivity contribution in [2.24, 2.45) is 5.92 Å². The van der Waals surface area contributed by atoms with Crippen molar-refractivity contribution in [1.29, 1.82) is 0 Å². The molecular formula is C20H25N7O. The molecule has 2 aliphatic rings. The Hall–Kier alpha value is -2.90. The van der Waals surface area contributed by atoms with Gasteiger partial charge in [0.05, 0.1) is 29.3 Å². The maximum absolute atomic E-state index is 12.8. The molecule has 146 valence electrons. The number of nitrogens with one attached hydrogen (secondary N) is 2. The Labute approximate surface area is 163 Å². The number of amides is 2. The Morgan fingerprint density at radius 1 is 1.25 bits per heavy atom. The number of pyridine rings is 1. The summed E-state index contributed by atoms with van der Waals surface area (Å²) in [5, 5.41) is 15.7. The van der Waals surface area contributed by atoms with Crippen molar-refractivity contribution in [1.82, 2.24) is 29.9 Å². The second-order valence-electron chi connectivity index (χ2n) is 8.31. The molecule has 0 spiro atoms. The standard InChI is InChI=1S/C20H25N7O/c1-12(2)11-26-18-7-16(21-8-13(18)9-23-26)19-17(10-22-25-19)24-20(28)27(14-3-4-14)15-5-6-15/h7-10,12,14-15H,3-6,11H2,1-2H3,(H,22,25)(H,24,28). The van der Waals surface area contributed by atoms with Gasteiger partial charge in [-0.2, -0.15) is 10.2 Å². The predicted octanol–water partition coefficient (Wildman–Crippen LogP) is 3.64. The summed E-state index contributed by atoms with van der Waals surface area (Å²) in [7, 11) is 0. The highest BCUT2D eigenvalue weighted by Gasteiger charge is 2.42. The van der Waals surface area contributed by atoms with E-state index in [0.29, 0.717) is 23.7 Å².